The van der Waals surface area contributed by atoms with Crippen molar-refractivity contribution in [3.05, 3.63) is 58.9 Å². The van der Waals surface area contributed by atoms with Crippen LogP contribution in [0.25, 0.3) is 0 Å². The van der Waals surface area contributed by atoms with Crippen molar-refractivity contribution in [2.24, 2.45) is 0 Å². The molecule has 1 aliphatic rings. The fourth-order valence-corrected chi connectivity index (χ4v) is 2.03. The molecule has 0 N–H and O–H groups in total. The molecule has 3 nitrogen and oxygen atoms in total. The Hall–Kier alpha value is -2.36. The lowest BCUT2D eigenvalue weighted by Crippen LogP contribution is -2.04. The first-order valence-corrected chi connectivity index (χ1v) is 5.85. The molecule has 0 spiro atoms. The Labute approximate surface area is 109 Å². The zero-order valence-electron chi connectivity index (χ0n) is 10.3. The van der Waals surface area contributed by atoms with Crippen LogP contribution in [0.2, 0.25) is 0 Å². The highest BCUT2D eigenvalue weighted by Crippen LogP contribution is 2.33. The van der Waals surface area contributed by atoms with Gasteiger partial charge in [0, 0.05) is 11.1 Å². The van der Waals surface area contributed by atoms with Crippen LogP contribution in [0.3, 0.4) is 0 Å². The van der Waals surface area contributed by atoms with E-state index < -0.39 is 5.82 Å². The second-order valence-electron chi connectivity index (χ2n) is 4.36. The fourth-order valence-electron chi connectivity index (χ4n) is 2.03. The molecule has 2 aromatic carbocycles. The van der Waals surface area contributed by atoms with Crippen LogP contribution in [0.4, 0.5) is 4.39 Å². The van der Waals surface area contributed by atoms with E-state index in [-0.39, 0.29) is 12.6 Å². The summed E-state index contributed by atoms with van der Waals surface area (Å²) in [4.78, 5) is 12.4. The highest BCUT2D eigenvalue weighted by Gasteiger charge is 2.18. The van der Waals surface area contributed by atoms with Gasteiger partial charge in [-0.1, -0.05) is 6.07 Å². The molecule has 0 aliphatic carbocycles. The molecule has 0 saturated heterocycles. The molecule has 0 saturated carbocycles. The number of fused-ring (bicyclic) bond motifs is 1. The lowest BCUT2D eigenvalue weighted by molar-refractivity contribution is 0.103. The van der Waals surface area contributed by atoms with Crippen LogP contribution in [0.1, 0.15) is 21.5 Å². The Kier molecular flexibility index (Phi) is 2.71. The number of ether oxygens (including phenoxy) is 2. The molecular weight excluding hydrogens is 247 g/mol. The molecule has 1 heterocycles. The predicted molar refractivity (Wildman–Crippen MR) is 67.1 cm³/mol. The Morgan fingerprint density at radius 1 is 1.11 bits per heavy atom. The molecule has 4 heteroatoms. The number of hydrogen-bond donors (Lipinski definition) is 0. The molecule has 0 bridgehead atoms. The number of halogens is 1. The van der Waals surface area contributed by atoms with Gasteiger partial charge in [0.25, 0.3) is 0 Å². The summed E-state index contributed by atoms with van der Waals surface area (Å²) in [7, 11) is 0. The van der Waals surface area contributed by atoms with Gasteiger partial charge in [-0.3, -0.25) is 4.79 Å². The lowest BCUT2D eigenvalue weighted by atomic mass is 9.99. The van der Waals surface area contributed by atoms with E-state index in [1.54, 1.807) is 31.2 Å². The van der Waals surface area contributed by atoms with E-state index in [0.29, 0.717) is 22.6 Å². The number of hydrogen-bond acceptors (Lipinski definition) is 3. The number of carbonyl (C=O) groups is 1. The minimum Gasteiger partial charge on any atom is -0.454 e. The summed E-state index contributed by atoms with van der Waals surface area (Å²) >= 11 is 0. The summed E-state index contributed by atoms with van der Waals surface area (Å²) in [6, 6.07) is 9.14. The average Bonchev–Trinajstić information content (AvgIpc) is 2.88. The van der Waals surface area contributed by atoms with E-state index in [1.165, 1.54) is 12.1 Å². The van der Waals surface area contributed by atoms with E-state index in [9.17, 15) is 9.18 Å². The molecule has 0 amide bonds. The largest absolute Gasteiger partial charge is 0.454 e. The maximum absolute atomic E-state index is 13.2. The monoisotopic (exact) mass is 258 g/mol. The van der Waals surface area contributed by atoms with Crippen LogP contribution >= 0.6 is 0 Å². The van der Waals surface area contributed by atoms with Crippen LogP contribution in [0.5, 0.6) is 11.5 Å². The van der Waals surface area contributed by atoms with E-state index in [1.807, 2.05) is 0 Å². The third-order valence-corrected chi connectivity index (χ3v) is 3.08. The third kappa shape index (κ3) is 2.05. The first-order chi connectivity index (χ1) is 9.15. The van der Waals surface area contributed by atoms with Gasteiger partial charge in [0.05, 0.1) is 0 Å². The van der Waals surface area contributed by atoms with E-state index in [4.69, 9.17) is 9.47 Å². The normalized spacial score (nSPS) is 12.5. The van der Waals surface area contributed by atoms with Gasteiger partial charge in [0.15, 0.2) is 17.3 Å². The molecule has 1 aliphatic heterocycles. The quantitative estimate of drug-likeness (QED) is 0.776. The lowest BCUT2D eigenvalue weighted by Gasteiger charge is -2.06. The second kappa shape index (κ2) is 4.39. The number of benzene rings is 2. The molecule has 0 fully saturated rings. The predicted octanol–water partition coefficient (Wildman–Crippen LogP) is 3.09. The minimum atomic E-state index is -0.422. The summed E-state index contributed by atoms with van der Waals surface area (Å²) in [5.74, 6) is 0.511. The van der Waals surface area contributed by atoms with Gasteiger partial charge in [0.1, 0.15) is 5.82 Å². The number of aryl methyl sites for hydroxylation is 1. The van der Waals surface area contributed by atoms with Gasteiger partial charge >= 0.3 is 0 Å². The maximum Gasteiger partial charge on any atom is 0.231 e. The molecule has 96 valence electrons. The Balaban J connectivity index is 2.02. The van der Waals surface area contributed by atoms with E-state index in [0.717, 1.165) is 5.56 Å². The topological polar surface area (TPSA) is 35.5 Å². The van der Waals surface area contributed by atoms with Crippen molar-refractivity contribution in [1.29, 1.82) is 0 Å². The van der Waals surface area contributed by atoms with Crippen LogP contribution in [-0.2, 0) is 0 Å². The summed E-state index contributed by atoms with van der Waals surface area (Å²) in [6.07, 6.45) is 0. The Morgan fingerprint density at radius 2 is 1.89 bits per heavy atom. The Bertz CT molecular complexity index is 664. The fraction of sp³-hybridized carbons (Fsp3) is 0.133. The summed E-state index contributed by atoms with van der Waals surface area (Å²) in [5, 5.41) is 0. The maximum atomic E-state index is 13.2. The van der Waals surface area contributed by atoms with Crippen LogP contribution < -0.4 is 9.47 Å². The SMILES string of the molecule is Cc1ccc(F)cc1C(=O)c1ccc2c(c1)OCO2. The first kappa shape index (κ1) is 11.7. The minimum absolute atomic E-state index is 0.159. The van der Waals surface area contributed by atoms with E-state index in [2.05, 4.69) is 0 Å². The number of carbonyl (C=O) groups excluding carboxylic acids is 1. The van der Waals surface area contributed by atoms with E-state index >= 15 is 0 Å². The number of rotatable bonds is 2. The third-order valence-electron chi connectivity index (χ3n) is 3.08. The van der Waals surface area contributed by atoms with Gasteiger partial charge in [-0.05, 0) is 42.8 Å². The van der Waals surface area contributed by atoms with Crippen molar-refractivity contribution in [2.75, 3.05) is 6.79 Å². The summed E-state index contributed by atoms with van der Waals surface area (Å²) in [5.41, 5.74) is 1.56. The van der Waals surface area contributed by atoms with Gasteiger partial charge in [-0.25, -0.2) is 4.39 Å². The van der Waals surface area contributed by atoms with Crippen molar-refractivity contribution in [2.45, 2.75) is 6.92 Å². The van der Waals surface area contributed by atoms with Crippen molar-refractivity contribution in [1.82, 2.24) is 0 Å². The van der Waals surface area contributed by atoms with Crippen LogP contribution in [-0.4, -0.2) is 12.6 Å². The van der Waals surface area contributed by atoms with Gasteiger partial charge in [-0.2, -0.15) is 0 Å². The van der Waals surface area contributed by atoms with Gasteiger partial charge in [0.2, 0.25) is 6.79 Å². The van der Waals surface area contributed by atoms with Crippen molar-refractivity contribution in [3.63, 3.8) is 0 Å². The van der Waals surface area contributed by atoms with Gasteiger partial charge < -0.3 is 9.47 Å². The summed E-state index contributed by atoms with van der Waals surface area (Å²) in [6.45, 7) is 1.94. The molecule has 0 unspecified atom stereocenters. The highest BCUT2D eigenvalue weighted by atomic mass is 19.1. The second-order valence-corrected chi connectivity index (χ2v) is 4.36. The van der Waals surface area contributed by atoms with Crippen molar-refractivity contribution in [3.8, 4) is 11.5 Å². The zero-order chi connectivity index (χ0) is 13.4. The Morgan fingerprint density at radius 3 is 2.74 bits per heavy atom. The molecule has 0 radical (unpaired) electrons. The van der Waals surface area contributed by atoms with Crippen molar-refractivity contribution < 1.29 is 18.7 Å². The molecular formula is C15H11FO3. The molecule has 19 heavy (non-hydrogen) atoms. The highest BCUT2D eigenvalue weighted by molar-refractivity contribution is 6.10. The molecule has 3 rings (SSSR count). The molecule has 2 aromatic rings. The van der Waals surface area contributed by atoms with Crippen LogP contribution in [0.15, 0.2) is 36.4 Å². The smallest absolute Gasteiger partial charge is 0.231 e. The number of ketones is 1. The van der Waals surface area contributed by atoms with Gasteiger partial charge in [-0.15, -0.1) is 0 Å². The molecule has 0 aromatic heterocycles. The zero-order valence-corrected chi connectivity index (χ0v) is 10.3. The average molecular weight is 258 g/mol. The summed E-state index contributed by atoms with van der Waals surface area (Å²) < 4.78 is 23.7. The van der Waals surface area contributed by atoms with Crippen LogP contribution in [0, 0.1) is 12.7 Å². The molecule has 0 atom stereocenters. The van der Waals surface area contributed by atoms with Crippen molar-refractivity contribution >= 4 is 5.78 Å². The first-order valence-electron chi connectivity index (χ1n) is 5.85. The standard InChI is InChI=1S/C15H11FO3/c1-9-2-4-11(16)7-12(9)15(17)10-3-5-13-14(6-10)19-8-18-13/h2-7H,8H2,1H3.